The van der Waals surface area contributed by atoms with E-state index in [0.29, 0.717) is 11.5 Å². The fourth-order valence-corrected chi connectivity index (χ4v) is 4.77. The number of hydrogen-bond acceptors (Lipinski definition) is 6. The van der Waals surface area contributed by atoms with Gasteiger partial charge in [0.05, 0.1) is 22.5 Å². The third kappa shape index (κ3) is 5.04. The Bertz CT molecular complexity index is 1210. The van der Waals surface area contributed by atoms with E-state index in [2.05, 4.69) is 16.0 Å². The summed E-state index contributed by atoms with van der Waals surface area (Å²) in [6.07, 6.45) is 1.52. The summed E-state index contributed by atoms with van der Waals surface area (Å²) in [5.41, 5.74) is 15.3. The van der Waals surface area contributed by atoms with Gasteiger partial charge in [-0.1, -0.05) is 44.2 Å². The highest BCUT2D eigenvalue weighted by atomic mass is 32.1. The van der Waals surface area contributed by atoms with Gasteiger partial charge in [-0.05, 0) is 43.0 Å². The minimum atomic E-state index is -0.662. The molecule has 0 saturated heterocycles. The molecule has 0 unspecified atom stereocenters. The van der Waals surface area contributed by atoms with Gasteiger partial charge < -0.3 is 27.4 Å². The van der Waals surface area contributed by atoms with E-state index < -0.39 is 17.7 Å². The fourth-order valence-electron chi connectivity index (χ4n) is 3.69. The molecule has 8 nitrogen and oxygen atoms in total. The molecule has 2 aromatic carbocycles. The average molecular weight is 480 g/mol. The molecule has 9 heteroatoms. The third-order valence-corrected chi connectivity index (χ3v) is 6.56. The van der Waals surface area contributed by atoms with Gasteiger partial charge >= 0.3 is 0 Å². The number of nitrogen functional groups attached to an aromatic ring is 1. The first-order valence-electron chi connectivity index (χ1n) is 11.1. The van der Waals surface area contributed by atoms with Gasteiger partial charge in [-0.2, -0.15) is 0 Å². The van der Waals surface area contributed by atoms with E-state index in [9.17, 15) is 14.4 Å². The number of hydrogen-bond donors (Lipinski definition) is 5. The summed E-state index contributed by atoms with van der Waals surface area (Å²) in [4.78, 5) is 38.3. The van der Waals surface area contributed by atoms with Crippen LogP contribution in [0, 0.1) is 0 Å². The van der Waals surface area contributed by atoms with Crippen molar-refractivity contribution < 1.29 is 14.4 Å². The molecule has 0 fully saturated rings. The van der Waals surface area contributed by atoms with Crippen LogP contribution in [-0.2, 0) is 12.8 Å². The fraction of sp³-hybridized carbons (Fsp3) is 0.240. The molecular weight excluding hydrogens is 450 g/mol. The second-order valence-corrected chi connectivity index (χ2v) is 8.58. The van der Waals surface area contributed by atoms with Gasteiger partial charge in [0.25, 0.3) is 17.7 Å². The molecule has 178 valence electrons. The molecule has 1 heterocycles. The number of nitrogens with two attached hydrogens (primary N) is 2. The highest BCUT2D eigenvalue weighted by Crippen LogP contribution is 2.37. The van der Waals surface area contributed by atoms with E-state index in [1.165, 1.54) is 6.07 Å². The summed E-state index contributed by atoms with van der Waals surface area (Å²) >= 11 is 1.09. The molecular formula is C25H29N5O3S. The van der Waals surface area contributed by atoms with Gasteiger partial charge in [0.15, 0.2) is 0 Å². The molecule has 34 heavy (non-hydrogen) atoms. The zero-order valence-electron chi connectivity index (χ0n) is 19.5. The second kappa shape index (κ2) is 10.8. The van der Waals surface area contributed by atoms with Crippen molar-refractivity contribution in [1.29, 1.82) is 0 Å². The molecule has 0 aliphatic heterocycles. The Morgan fingerprint density at radius 3 is 2.12 bits per heavy atom. The van der Waals surface area contributed by atoms with E-state index in [0.717, 1.165) is 41.0 Å². The topological polar surface area (TPSA) is 139 Å². The van der Waals surface area contributed by atoms with Crippen molar-refractivity contribution in [2.45, 2.75) is 33.6 Å². The molecule has 0 saturated carbocycles. The summed E-state index contributed by atoms with van der Waals surface area (Å²) in [5.74, 6) is -1.58. The molecule has 3 rings (SSSR count). The Kier molecular flexibility index (Phi) is 7.91. The molecule has 0 spiro atoms. The molecule has 0 bridgehead atoms. The smallest absolute Gasteiger partial charge is 0.267 e. The summed E-state index contributed by atoms with van der Waals surface area (Å²) < 4.78 is 0. The van der Waals surface area contributed by atoms with Gasteiger partial charge in [0.1, 0.15) is 9.88 Å². The van der Waals surface area contributed by atoms with Crippen molar-refractivity contribution in [2.75, 3.05) is 28.2 Å². The Labute approximate surface area is 202 Å². The first-order valence-corrected chi connectivity index (χ1v) is 11.9. The summed E-state index contributed by atoms with van der Waals surface area (Å²) in [5, 5.41) is 9.34. The number of primary amides is 1. The Morgan fingerprint density at radius 2 is 1.53 bits per heavy atom. The van der Waals surface area contributed by atoms with Crippen molar-refractivity contribution >= 4 is 51.1 Å². The number of aryl methyl sites for hydroxylation is 2. The van der Waals surface area contributed by atoms with Crippen LogP contribution in [0.5, 0.6) is 0 Å². The third-order valence-electron chi connectivity index (χ3n) is 5.39. The van der Waals surface area contributed by atoms with E-state index in [1.807, 2.05) is 39.0 Å². The molecule has 0 atom stereocenters. The van der Waals surface area contributed by atoms with Crippen molar-refractivity contribution in [3.05, 3.63) is 69.6 Å². The van der Waals surface area contributed by atoms with Crippen LogP contribution in [0.4, 0.5) is 22.1 Å². The molecule has 0 radical (unpaired) electrons. The maximum atomic E-state index is 13.4. The van der Waals surface area contributed by atoms with Gasteiger partial charge in [-0.3, -0.25) is 14.4 Å². The summed E-state index contributed by atoms with van der Waals surface area (Å²) in [6.45, 7) is 6.49. The van der Waals surface area contributed by atoms with Gasteiger partial charge in [-0.25, -0.2) is 0 Å². The standard InChI is InChI=1S/C25H29N5O3S/c1-4-14-10-9-11-15(5-2)20(14)30-23(32)18-19(26)21(34-25(18)28-6-3)24(33)29-17-13-8-7-12-16(17)22(27)31/h7-13,28H,4-6,26H2,1-3H3,(H2,27,31)(H,29,33)(H,30,32). The number of carbonyl (C=O) groups excluding carboxylic acids is 3. The largest absolute Gasteiger partial charge is 0.397 e. The molecule has 0 aliphatic rings. The molecule has 3 amide bonds. The second-order valence-electron chi connectivity index (χ2n) is 7.56. The van der Waals surface area contributed by atoms with Crippen LogP contribution < -0.4 is 27.4 Å². The quantitative estimate of drug-likeness (QED) is 0.308. The monoisotopic (exact) mass is 479 g/mol. The van der Waals surface area contributed by atoms with E-state index >= 15 is 0 Å². The minimum Gasteiger partial charge on any atom is -0.397 e. The number of anilines is 4. The Balaban J connectivity index is 1.98. The summed E-state index contributed by atoms with van der Waals surface area (Å²) in [6, 6.07) is 12.4. The van der Waals surface area contributed by atoms with E-state index in [1.54, 1.807) is 18.2 Å². The Morgan fingerprint density at radius 1 is 0.882 bits per heavy atom. The maximum absolute atomic E-state index is 13.4. The zero-order valence-corrected chi connectivity index (χ0v) is 20.3. The van der Waals surface area contributed by atoms with Crippen molar-refractivity contribution in [3.8, 4) is 0 Å². The van der Waals surface area contributed by atoms with Crippen LogP contribution in [0.15, 0.2) is 42.5 Å². The van der Waals surface area contributed by atoms with E-state index in [-0.39, 0.29) is 27.4 Å². The van der Waals surface area contributed by atoms with Crippen LogP contribution in [-0.4, -0.2) is 24.3 Å². The van der Waals surface area contributed by atoms with Gasteiger partial charge in [-0.15, -0.1) is 11.3 Å². The van der Waals surface area contributed by atoms with Crippen LogP contribution in [0.1, 0.15) is 62.3 Å². The zero-order chi connectivity index (χ0) is 24.8. The SMILES string of the molecule is CCNc1sc(C(=O)Nc2ccccc2C(N)=O)c(N)c1C(=O)Nc1c(CC)cccc1CC. The van der Waals surface area contributed by atoms with Crippen molar-refractivity contribution in [1.82, 2.24) is 0 Å². The predicted molar refractivity (Wildman–Crippen MR) is 139 cm³/mol. The van der Waals surface area contributed by atoms with Crippen LogP contribution in [0.3, 0.4) is 0 Å². The lowest BCUT2D eigenvalue weighted by molar-refractivity contribution is 0.0998. The van der Waals surface area contributed by atoms with Crippen LogP contribution >= 0.6 is 11.3 Å². The molecule has 3 aromatic rings. The molecule has 1 aromatic heterocycles. The van der Waals surface area contributed by atoms with Crippen LogP contribution in [0.2, 0.25) is 0 Å². The number of rotatable bonds is 9. The minimum absolute atomic E-state index is 0.0690. The number of carbonyl (C=O) groups is 3. The Hall–Kier alpha value is -3.85. The lowest BCUT2D eigenvalue weighted by Crippen LogP contribution is -2.19. The average Bonchev–Trinajstić information content (AvgIpc) is 3.15. The van der Waals surface area contributed by atoms with Crippen molar-refractivity contribution in [3.63, 3.8) is 0 Å². The first-order chi connectivity index (χ1) is 16.3. The van der Waals surface area contributed by atoms with Crippen LogP contribution in [0.25, 0.3) is 0 Å². The van der Waals surface area contributed by atoms with Gasteiger partial charge in [0.2, 0.25) is 0 Å². The lowest BCUT2D eigenvalue weighted by atomic mass is 10.0. The number of nitrogens with one attached hydrogen (secondary N) is 3. The van der Waals surface area contributed by atoms with Gasteiger partial charge in [0, 0.05) is 12.2 Å². The highest BCUT2D eigenvalue weighted by molar-refractivity contribution is 7.19. The maximum Gasteiger partial charge on any atom is 0.267 e. The van der Waals surface area contributed by atoms with Crippen molar-refractivity contribution in [2.24, 2.45) is 5.73 Å². The predicted octanol–water partition coefficient (Wildman–Crippen LogP) is 4.49. The summed E-state index contributed by atoms with van der Waals surface area (Å²) in [7, 11) is 0. The lowest BCUT2D eigenvalue weighted by Gasteiger charge is -2.15. The normalized spacial score (nSPS) is 10.6. The first kappa shape index (κ1) is 24.8. The number of para-hydroxylation sites is 2. The molecule has 7 N–H and O–H groups in total. The number of benzene rings is 2. The highest BCUT2D eigenvalue weighted by Gasteiger charge is 2.27. The molecule has 0 aliphatic carbocycles. The van der Waals surface area contributed by atoms with E-state index in [4.69, 9.17) is 11.5 Å². The number of amides is 3. The number of thiophene rings is 1.